The van der Waals surface area contributed by atoms with Crippen molar-refractivity contribution in [2.45, 2.75) is 39.0 Å². The van der Waals surface area contributed by atoms with E-state index >= 15 is 0 Å². The average molecular weight is 541 g/mol. The number of β-lactam (4-membered cyclic amide) rings is 1. The summed E-state index contributed by atoms with van der Waals surface area (Å²) in [6.07, 6.45) is 0.197. The number of carbonyl (C=O) groups is 2. The summed E-state index contributed by atoms with van der Waals surface area (Å²) in [6.45, 7) is 9.13. The smallest absolute Gasteiger partial charge is 0.352 e. The van der Waals surface area contributed by atoms with Crippen LogP contribution in [0.2, 0.25) is 0 Å². The van der Waals surface area contributed by atoms with Gasteiger partial charge in [0.1, 0.15) is 24.6 Å². The first-order valence-corrected chi connectivity index (χ1v) is 13.9. The minimum absolute atomic E-state index is 0.0132. The molecule has 204 valence electrons. The van der Waals surface area contributed by atoms with Crippen LogP contribution in [0.5, 0.6) is 5.75 Å². The molecular formula is C29H38N3O5S+. The molecule has 4 N–H and O–H groups in total. The molecule has 4 rings (SSSR count). The van der Waals surface area contributed by atoms with Gasteiger partial charge in [0, 0.05) is 34.6 Å². The molecule has 2 aliphatic rings. The number of carboxylic acid groups (broad SMARTS) is 1. The van der Waals surface area contributed by atoms with Gasteiger partial charge in [-0.25, -0.2) is 4.79 Å². The highest BCUT2D eigenvalue weighted by Crippen LogP contribution is 2.47. The van der Waals surface area contributed by atoms with E-state index in [1.54, 1.807) is 18.7 Å². The summed E-state index contributed by atoms with van der Waals surface area (Å²) in [4.78, 5) is 26.1. The first-order chi connectivity index (χ1) is 17.9. The van der Waals surface area contributed by atoms with Crippen LogP contribution in [-0.4, -0.2) is 76.6 Å². The highest BCUT2D eigenvalue weighted by Gasteiger charge is 2.59. The van der Waals surface area contributed by atoms with Crippen LogP contribution in [0.4, 0.5) is 0 Å². The summed E-state index contributed by atoms with van der Waals surface area (Å²) < 4.78 is 7.07. The molecule has 0 radical (unpaired) electrons. The summed E-state index contributed by atoms with van der Waals surface area (Å²) in [6, 6.07) is 11.8. The number of benzene rings is 2. The predicted molar refractivity (Wildman–Crippen MR) is 150 cm³/mol. The van der Waals surface area contributed by atoms with Gasteiger partial charge in [-0.15, -0.1) is 11.8 Å². The van der Waals surface area contributed by atoms with E-state index in [9.17, 15) is 19.8 Å². The second kappa shape index (κ2) is 11.0. The molecule has 1 amide bonds. The molecule has 0 unspecified atom stereocenters. The summed E-state index contributed by atoms with van der Waals surface area (Å²) >= 11 is 1.59. The zero-order valence-electron chi connectivity index (χ0n) is 22.5. The quantitative estimate of drug-likeness (QED) is 0.214. The lowest BCUT2D eigenvalue weighted by atomic mass is 9.78. The van der Waals surface area contributed by atoms with Gasteiger partial charge in [0.2, 0.25) is 5.91 Å². The molecule has 0 aliphatic carbocycles. The van der Waals surface area contributed by atoms with Gasteiger partial charge in [0.25, 0.3) is 0 Å². The van der Waals surface area contributed by atoms with Gasteiger partial charge in [-0.1, -0.05) is 43.8 Å². The number of nitrogens with two attached hydrogens (primary N) is 1. The molecule has 2 heterocycles. The number of ether oxygens (including phenoxy) is 1. The van der Waals surface area contributed by atoms with Crippen molar-refractivity contribution in [1.29, 1.82) is 0 Å². The largest absolute Gasteiger partial charge is 0.488 e. The number of aliphatic hydroxyl groups excluding tert-OH is 1. The van der Waals surface area contributed by atoms with Crippen molar-refractivity contribution in [2.75, 3.05) is 33.0 Å². The summed E-state index contributed by atoms with van der Waals surface area (Å²) in [5, 5.41) is 22.7. The zero-order valence-corrected chi connectivity index (χ0v) is 23.3. The first kappa shape index (κ1) is 28.0. The lowest BCUT2D eigenvalue weighted by Crippen LogP contribution is -2.63. The van der Waals surface area contributed by atoms with Gasteiger partial charge < -0.3 is 30.1 Å². The molecule has 4 atom stereocenters. The number of rotatable bonds is 12. The molecule has 38 heavy (non-hydrogen) atoms. The van der Waals surface area contributed by atoms with Crippen LogP contribution in [-0.2, 0) is 16.1 Å². The van der Waals surface area contributed by atoms with Crippen LogP contribution in [0.1, 0.15) is 25.8 Å². The molecular weight excluding hydrogens is 502 g/mol. The fourth-order valence-electron chi connectivity index (χ4n) is 5.84. The van der Waals surface area contributed by atoms with E-state index in [0.29, 0.717) is 16.4 Å². The monoisotopic (exact) mass is 540 g/mol. The van der Waals surface area contributed by atoms with Crippen molar-refractivity contribution < 1.29 is 29.0 Å². The number of hydrogen-bond donors (Lipinski definition) is 3. The third kappa shape index (κ3) is 5.41. The van der Waals surface area contributed by atoms with E-state index in [0.717, 1.165) is 40.5 Å². The van der Waals surface area contributed by atoms with Gasteiger partial charge in [-0.05, 0) is 18.4 Å². The zero-order chi connectivity index (χ0) is 27.8. The van der Waals surface area contributed by atoms with Crippen molar-refractivity contribution in [3.8, 4) is 5.75 Å². The Balaban J connectivity index is 1.53. The van der Waals surface area contributed by atoms with Crippen molar-refractivity contribution in [3.63, 3.8) is 0 Å². The molecule has 9 heteroatoms. The number of carboxylic acids is 1. The number of quaternary nitrogens is 1. The maximum absolute atomic E-state index is 12.6. The van der Waals surface area contributed by atoms with Crippen LogP contribution in [0.25, 0.3) is 10.8 Å². The van der Waals surface area contributed by atoms with Gasteiger partial charge in [-0.3, -0.25) is 4.79 Å². The average Bonchev–Trinajstić information content (AvgIpc) is 3.08. The minimum atomic E-state index is -1.15. The summed E-state index contributed by atoms with van der Waals surface area (Å²) in [5.41, 5.74) is 7.44. The minimum Gasteiger partial charge on any atom is -0.488 e. The number of fused-ring (bicyclic) bond motifs is 2. The van der Waals surface area contributed by atoms with E-state index in [-0.39, 0.29) is 30.2 Å². The van der Waals surface area contributed by atoms with Crippen LogP contribution in [0.15, 0.2) is 59.3 Å². The standard InChI is InChI=1S/C29H37N3O5S/c1-17-23(27(29(35)36)31-26(17)25(18(2)33)28(31)34)16-37-24-12-7-10-21-20(9-6-11-22(21)24)15-32(4,5)13-8-14-38-19(3)30/h6-7,9-12,17-18,25-26,33H,3,8,13-16,30H2,1-2,4-5H3/p+1/t17-,18+,25+,26+/m0/s1. The van der Waals surface area contributed by atoms with E-state index in [1.807, 2.05) is 31.2 Å². The normalized spacial score (nSPS) is 21.9. The van der Waals surface area contributed by atoms with Crippen LogP contribution in [0.3, 0.4) is 0 Å². The van der Waals surface area contributed by atoms with Gasteiger partial charge in [-0.2, -0.15) is 0 Å². The number of amides is 1. The fraction of sp³-hybridized carbons (Fsp3) is 0.448. The van der Waals surface area contributed by atoms with Crippen molar-refractivity contribution in [3.05, 3.63) is 64.8 Å². The third-order valence-electron chi connectivity index (χ3n) is 7.67. The molecule has 0 bridgehead atoms. The number of aliphatic carboxylic acids is 1. The number of thioether (sulfide) groups is 1. The topological polar surface area (TPSA) is 113 Å². The summed E-state index contributed by atoms with van der Waals surface area (Å²) in [7, 11) is 4.43. The van der Waals surface area contributed by atoms with Crippen LogP contribution >= 0.6 is 11.8 Å². The predicted octanol–water partition coefficient (Wildman–Crippen LogP) is 3.54. The maximum atomic E-state index is 12.6. The Labute approximate surface area is 228 Å². The van der Waals surface area contributed by atoms with Crippen LogP contribution < -0.4 is 10.5 Å². The second-order valence-corrected chi connectivity index (χ2v) is 12.2. The Bertz CT molecular complexity index is 1290. The van der Waals surface area contributed by atoms with Crippen molar-refractivity contribution >= 4 is 34.4 Å². The first-order valence-electron chi connectivity index (χ1n) is 12.9. The molecule has 2 aromatic rings. The number of hydrogen-bond acceptors (Lipinski definition) is 6. The van der Waals surface area contributed by atoms with Gasteiger partial charge in [0.15, 0.2) is 0 Å². The van der Waals surface area contributed by atoms with E-state index in [1.165, 1.54) is 10.5 Å². The Morgan fingerprint density at radius 3 is 2.58 bits per heavy atom. The highest BCUT2D eigenvalue weighted by molar-refractivity contribution is 8.02. The third-order valence-corrected chi connectivity index (χ3v) is 8.53. The molecule has 2 aliphatic heterocycles. The molecule has 0 saturated carbocycles. The molecule has 0 spiro atoms. The molecule has 1 fully saturated rings. The fourth-order valence-corrected chi connectivity index (χ4v) is 6.37. The van der Waals surface area contributed by atoms with E-state index in [2.05, 4.69) is 32.8 Å². The highest BCUT2D eigenvalue weighted by atomic mass is 32.2. The van der Waals surface area contributed by atoms with Crippen molar-refractivity contribution in [2.24, 2.45) is 17.6 Å². The lowest BCUT2D eigenvalue weighted by molar-refractivity contribution is -0.903. The molecule has 2 aromatic carbocycles. The summed E-state index contributed by atoms with van der Waals surface area (Å²) in [5.74, 6) is -0.692. The number of carbonyl (C=O) groups excluding carboxylic acids is 1. The second-order valence-electron chi connectivity index (χ2n) is 11.0. The Morgan fingerprint density at radius 1 is 1.24 bits per heavy atom. The lowest BCUT2D eigenvalue weighted by Gasteiger charge is -2.46. The number of nitrogens with zero attached hydrogens (tertiary/aromatic N) is 2. The van der Waals surface area contributed by atoms with E-state index < -0.39 is 18.0 Å². The van der Waals surface area contributed by atoms with Gasteiger partial charge >= 0.3 is 5.97 Å². The van der Waals surface area contributed by atoms with Crippen LogP contribution in [0, 0.1) is 11.8 Å². The molecule has 1 saturated heterocycles. The SMILES string of the molecule is C=C(N)SCCC[N+](C)(C)Cc1cccc2c(OCC3=C(C(=O)O)N4C(=O)[C@H]([C@@H](C)O)[C@H]4[C@H]3C)cccc12. The van der Waals surface area contributed by atoms with E-state index in [4.69, 9.17) is 10.5 Å². The Kier molecular flexibility index (Phi) is 8.11. The molecule has 0 aromatic heterocycles. The number of aliphatic hydroxyl groups is 1. The van der Waals surface area contributed by atoms with Gasteiger partial charge in [0.05, 0.1) is 43.7 Å². The Morgan fingerprint density at radius 2 is 1.92 bits per heavy atom. The van der Waals surface area contributed by atoms with Crippen molar-refractivity contribution in [1.82, 2.24) is 4.90 Å². The molecule has 8 nitrogen and oxygen atoms in total. The maximum Gasteiger partial charge on any atom is 0.352 e. The Hall–Kier alpha value is -3.01.